The van der Waals surface area contributed by atoms with Crippen LogP contribution >= 0.6 is 0 Å². The molecule has 0 spiro atoms. The zero-order valence-electron chi connectivity index (χ0n) is 8.62. The van der Waals surface area contributed by atoms with Crippen molar-refractivity contribution < 1.29 is 1.37 Å². The molecule has 0 unspecified atom stereocenters. The summed E-state index contributed by atoms with van der Waals surface area (Å²) in [6.07, 6.45) is 0. The average molecular weight is 169 g/mol. The van der Waals surface area contributed by atoms with Crippen molar-refractivity contribution in [3.05, 3.63) is 60.1 Å². The minimum absolute atomic E-state index is 0.603. The quantitative estimate of drug-likeness (QED) is 0.611. The molecule has 0 aliphatic rings. The van der Waals surface area contributed by atoms with Crippen molar-refractivity contribution in [2.24, 2.45) is 0 Å². The summed E-state index contributed by atoms with van der Waals surface area (Å²) in [6.45, 7) is 1.96. The Labute approximate surface area is 80.3 Å². The van der Waals surface area contributed by atoms with Crippen molar-refractivity contribution >= 4 is 0 Å². The highest BCUT2D eigenvalue weighted by molar-refractivity contribution is 5.63. The van der Waals surface area contributed by atoms with E-state index in [1.54, 1.807) is 0 Å². The average Bonchev–Trinajstić information content (AvgIpc) is 2.23. The molecule has 2 aromatic carbocycles. The van der Waals surface area contributed by atoms with Crippen molar-refractivity contribution in [1.82, 2.24) is 0 Å². The number of hydrogen-bond donors (Lipinski definition) is 0. The molecule has 0 nitrogen and oxygen atoms in total. The highest BCUT2D eigenvalue weighted by Crippen LogP contribution is 2.18. The minimum Gasteiger partial charge on any atom is -0.0622 e. The number of benzene rings is 2. The smallest absolute Gasteiger partial charge is 0.0622 e. The van der Waals surface area contributed by atoms with E-state index in [0.717, 1.165) is 11.1 Å². The Morgan fingerprint density at radius 1 is 0.846 bits per heavy atom. The van der Waals surface area contributed by atoms with Gasteiger partial charge in [0.05, 0.1) is 1.37 Å². The summed E-state index contributed by atoms with van der Waals surface area (Å²) in [6, 6.07) is 16.7. The van der Waals surface area contributed by atoms with Crippen LogP contribution in [0, 0.1) is 6.92 Å². The van der Waals surface area contributed by atoms with E-state index < -0.39 is 0 Å². The van der Waals surface area contributed by atoms with Gasteiger partial charge in [-0.25, -0.2) is 0 Å². The Kier molecular flexibility index (Phi) is 1.83. The minimum atomic E-state index is 0.603. The van der Waals surface area contributed by atoms with Gasteiger partial charge < -0.3 is 0 Å². The van der Waals surface area contributed by atoms with Gasteiger partial charge in [0.15, 0.2) is 0 Å². The van der Waals surface area contributed by atoms with E-state index >= 15 is 0 Å². The molecule has 0 saturated heterocycles. The van der Waals surface area contributed by atoms with Crippen molar-refractivity contribution in [2.45, 2.75) is 6.92 Å². The lowest BCUT2D eigenvalue weighted by molar-refractivity contribution is 1.47. The zero-order chi connectivity index (χ0) is 9.97. The van der Waals surface area contributed by atoms with E-state index in [4.69, 9.17) is 1.37 Å². The van der Waals surface area contributed by atoms with Gasteiger partial charge in [-0.2, -0.15) is 0 Å². The summed E-state index contributed by atoms with van der Waals surface area (Å²) in [5.41, 5.74) is 3.30. The predicted molar refractivity (Wildman–Crippen MR) is 56.6 cm³/mol. The van der Waals surface area contributed by atoms with Gasteiger partial charge in [-0.3, -0.25) is 0 Å². The lowest BCUT2D eigenvalue weighted by Crippen LogP contribution is -1.76. The maximum absolute atomic E-state index is 7.71. The first kappa shape index (κ1) is 6.90. The third-order valence-electron chi connectivity index (χ3n) is 2.08. The van der Waals surface area contributed by atoms with Gasteiger partial charge >= 0.3 is 0 Å². The van der Waals surface area contributed by atoms with Crippen LogP contribution in [0.2, 0.25) is 0 Å². The van der Waals surface area contributed by atoms with Gasteiger partial charge in [0.1, 0.15) is 0 Å². The highest BCUT2D eigenvalue weighted by Gasteiger charge is 1.93. The van der Waals surface area contributed by atoms with Gasteiger partial charge in [0.25, 0.3) is 0 Å². The summed E-state index contributed by atoms with van der Waals surface area (Å²) >= 11 is 0. The maximum atomic E-state index is 7.71. The Bertz CT molecular complexity index is 432. The summed E-state index contributed by atoms with van der Waals surface area (Å²) in [5.74, 6) is 0. The van der Waals surface area contributed by atoms with Crippen LogP contribution in [-0.4, -0.2) is 0 Å². The van der Waals surface area contributed by atoms with Crippen LogP contribution in [0.4, 0.5) is 0 Å². The Balaban J connectivity index is 2.48. The molecule has 0 bridgehead atoms. The first-order valence-corrected chi connectivity index (χ1v) is 4.40. The van der Waals surface area contributed by atoms with Crippen LogP contribution in [0.1, 0.15) is 6.93 Å². The molecule has 0 fully saturated rings. The van der Waals surface area contributed by atoms with Gasteiger partial charge in [-0.15, -0.1) is 0 Å². The third kappa shape index (κ3) is 1.78. The summed E-state index contributed by atoms with van der Waals surface area (Å²) < 4.78 is 7.71. The van der Waals surface area contributed by atoms with Crippen LogP contribution in [0.15, 0.2) is 54.6 Å². The standard InChI is InChI=1S/C13H12/c1-11-7-9-13(10-8-11)12-5-3-2-4-6-12/h2-10H,1H3/i7D. The molecule has 0 radical (unpaired) electrons. The van der Waals surface area contributed by atoms with E-state index in [1.807, 2.05) is 37.3 Å². The normalized spacial score (nSPS) is 11.0. The SMILES string of the molecule is [2H]c1cc(-c2ccccc2)ccc1C. The molecule has 2 aromatic rings. The fourth-order valence-electron chi connectivity index (χ4n) is 1.31. The summed E-state index contributed by atoms with van der Waals surface area (Å²) in [7, 11) is 0. The van der Waals surface area contributed by atoms with E-state index in [-0.39, 0.29) is 0 Å². The number of aryl methyl sites for hydroxylation is 1. The van der Waals surface area contributed by atoms with Gasteiger partial charge in [0, 0.05) is 0 Å². The molecule has 0 saturated carbocycles. The van der Waals surface area contributed by atoms with Gasteiger partial charge in [-0.1, -0.05) is 60.1 Å². The van der Waals surface area contributed by atoms with E-state index in [0.29, 0.717) is 6.04 Å². The van der Waals surface area contributed by atoms with Crippen molar-refractivity contribution in [1.29, 1.82) is 0 Å². The van der Waals surface area contributed by atoms with Crippen molar-refractivity contribution in [2.75, 3.05) is 0 Å². The Hall–Kier alpha value is -1.56. The first-order chi connectivity index (χ1) is 6.77. The zero-order valence-corrected chi connectivity index (χ0v) is 7.62. The number of rotatable bonds is 1. The molecule has 0 aliphatic carbocycles. The number of hydrogen-bond acceptors (Lipinski definition) is 0. The molecule has 0 atom stereocenters. The Morgan fingerprint density at radius 3 is 2.23 bits per heavy atom. The van der Waals surface area contributed by atoms with Crippen molar-refractivity contribution in [3.63, 3.8) is 0 Å². The van der Waals surface area contributed by atoms with Crippen LogP contribution in [0.3, 0.4) is 0 Å². The summed E-state index contributed by atoms with van der Waals surface area (Å²) in [5, 5.41) is 0. The van der Waals surface area contributed by atoms with Crippen LogP contribution in [0.5, 0.6) is 0 Å². The molecular weight excluding hydrogens is 156 g/mol. The molecule has 0 heterocycles. The molecule has 0 heteroatoms. The molecule has 0 amide bonds. The molecule has 0 N–H and O–H groups in total. The van der Waals surface area contributed by atoms with Crippen molar-refractivity contribution in [3.8, 4) is 11.1 Å². The molecule has 2 rings (SSSR count). The van der Waals surface area contributed by atoms with Gasteiger partial charge in [-0.05, 0) is 18.1 Å². The fourth-order valence-corrected chi connectivity index (χ4v) is 1.31. The van der Waals surface area contributed by atoms with E-state index in [1.165, 1.54) is 5.56 Å². The Morgan fingerprint density at radius 2 is 1.54 bits per heavy atom. The fraction of sp³-hybridized carbons (Fsp3) is 0.0769. The largest absolute Gasteiger partial charge is 0.0626 e. The van der Waals surface area contributed by atoms with Gasteiger partial charge in [0.2, 0.25) is 0 Å². The predicted octanol–water partition coefficient (Wildman–Crippen LogP) is 3.66. The lowest BCUT2D eigenvalue weighted by atomic mass is 10.0. The third-order valence-corrected chi connectivity index (χ3v) is 2.08. The maximum Gasteiger partial charge on any atom is 0.0626 e. The molecule has 0 aromatic heterocycles. The second-order valence-corrected chi connectivity index (χ2v) is 3.13. The lowest BCUT2D eigenvalue weighted by Gasteiger charge is -2.00. The summed E-state index contributed by atoms with van der Waals surface area (Å²) in [4.78, 5) is 0. The van der Waals surface area contributed by atoms with E-state index in [2.05, 4.69) is 18.2 Å². The monoisotopic (exact) mass is 169 g/mol. The van der Waals surface area contributed by atoms with Crippen LogP contribution in [-0.2, 0) is 0 Å². The second kappa shape index (κ2) is 3.44. The highest BCUT2D eigenvalue weighted by atomic mass is 14.0. The second-order valence-electron chi connectivity index (χ2n) is 3.13. The molecular formula is C13H12. The molecule has 64 valence electrons. The van der Waals surface area contributed by atoms with Crippen LogP contribution in [0.25, 0.3) is 11.1 Å². The molecule has 0 aliphatic heterocycles. The molecule has 13 heavy (non-hydrogen) atoms. The van der Waals surface area contributed by atoms with E-state index in [9.17, 15) is 0 Å². The van der Waals surface area contributed by atoms with Crippen LogP contribution < -0.4 is 0 Å². The topological polar surface area (TPSA) is 0 Å². The first-order valence-electron chi connectivity index (χ1n) is 4.90.